The third-order valence-electron chi connectivity index (χ3n) is 2.20. The minimum atomic E-state index is -0.549. The number of furan rings is 1. The van der Waals surface area contributed by atoms with E-state index in [1.54, 1.807) is 24.3 Å². The van der Waals surface area contributed by atoms with E-state index in [0.717, 1.165) is 0 Å². The Morgan fingerprint density at radius 3 is 2.61 bits per heavy atom. The summed E-state index contributed by atoms with van der Waals surface area (Å²) in [7, 11) is 0. The van der Waals surface area contributed by atoms with Crippen molar-refractivity contribution in [2.75, 3.05) is 5.32 Å². The molecule has 2 amide bonds. The molecular formula is C12H9BrN2O3. The van der Waals surface area contributed by atoms with Crippen molar-refractivity contribution >= 4 is 33.4 Å². The van der Waals surface area contributed by atoms with Crippen LogP contribution in [0.3, 0.4) is 0 Å². The fraction of sp³-hybridized carbons (Fsp3) is 0. The first-order valence-electron chi connectivity index (χ1n) is 5.03. The van der Waals surface area contributed by atoms with Crippen LogP contribution in [0.4, 0.5) is 5.69 Å². The van der Waals surface area contributed by atoms with Gasteiger partial charge in [0.2, 0.25) is 5.91 Å². The van der Waals surface area contributed by atoms with Crippen molar-refractivity contribution in [3.63, 3.8) is 0 Å². The SMILES string of the molecule is NC(=O)c1cccc(NC(=O)c2ccc(Br)o2)c1. The van der Waals surface area contributed by atoms with Gasteiger partial charge in [0, 0.05) is 11.3 Å². The number of carbonyl (C=O) groups excluding carboxylic acids is 2. The Bertz CT molecular complexity index is 607. The quantitative estimate of drug-likeness (QED) is 0.913. The van der Waals surface area contributed by atoms with E-state index in [1.165, 1.54) is 12.1 Å². The highest BCUT2D eigenvalue weighted by molar-refractivity contribution is 9.10. The first kappa shape index (κ1) is 12.4. The normalized spacial score (nSPS) is 10.1. The van der Waals surface area contributed by atoms with Crippen molar-refractivity contribution in [3.05, 3.63) is 52.4 Å². The monoisotopic (exact) mass is 308 g/mol. The third-order valence-corrected chi connectivity index (χ3v) is 2.63. The summed E-state index contributed by atoms with van der Waals surface area (Å²) in [5, 5.41) is 2.61. The summed E-state index contributed by atoms with van der Waals surface area (Å²) in [5.74, 6) is -0.777. The summed E-state index contributed by atoms with van der Waals surface area (Å²) in [6.45, 7) is 0. The minimum Gasteiger partial charge on any atom is -0.444 e. The van der Waals surface area contributed by atoms with Crippen LogP contribution in [-0.4, -0.2) is 11.8 Å². The maximum atomic E-state index is 11.8. The fourth-order valence-electron chi connectivity index (χ4n) is 1.38. The largest absolute Gasteiger partial charge is 0.444 e. The van der Waals surface area contributed by atoms with Crippen LogP contribution in [0.25, 0.3) is 0 Å². The molecule has 2 aromatic rings. The van der Waals surface area contributed by atoms with Gasteiger partial charge in [0.25, 0.3) is 5.91 Å². The van der Waals surface area contributed by atoms with E-state index in [0.29, 0.717) is 15.9 Å². The lowest BCUT2D eigenvalue weighted by Gasteiger charge is -2.04. The number of anilines is 1. The van der Waals surface area contributed by atoms with Crippen molar-refractivity contribution in [3.8, 4) is 0 Å². The molecule has 92 valence electrons. The lowest BCUT2D eigenvalue weighted by Crippen LogP contribution is -2.13. The summed E-state index contributed by atoms with van der Waals surface area (Å²) < 4.78 is 5.58. The topological polar surface area (TPSA) is 85.3 Å². The van der Waals surface area contributed by atoms with Crippen molar-refractivity contribution in [2.24, 2.45) is 5.73 Å². The van der Waals surface area contributed by atoms with Gasteiger partial charge in [-0.05, 0) is 46.3 Å². The lowest BCUT2D eigenvalue weighted by molar-refractivity contribution is 0.0987. The smallest absolute Gasteiger partial charge is 0.291 e. The zero-order chi connectivity index (χ0) is 13.1. The molecule has 1 heterocycles. The molecule has 0 saturated heterocycles. The van der Waals surface area contributed by atoms with Gasteiger partial charge in [-0.2, -0.15) is 0 Å². The van der Waals surface area contributed by atoms with Crippen LogP contribution in [0.1, 0.15) is 20.9 Å². The van der Waals surface area contributed by atoms with Crippen molar-refractivity contribution < 1.29 is 14.0 Å². The van der Waals surface area contributed by atoms with Gasteiger partial charge in [0.1, 0.15) is 0 Å². The van der Waals surface area contributed by atoms with Gasteiger partial charge in [-0.25, -0.2) is 0 Å². The molecule has 2 rings (SSSR count). The molecule has 0 atom stereocenters. The fourth-order valence-corrected chi connectivity index (χ4v) is 1.69. The number of amides is 2. The second-order valence-electron chi connectivity index (χ2n) is 3.50. The average Bonchev–Trinajstić information content (AvgIpc) is 2.76. The van der Waals surface area contributed by atoms with Crippen molar-refractivity contribution in [1.29, 1.82) is 0 Å². The van der Waals surface area contributed by atoms with Gasteiger partial charge in [-0.15, -0.1) is 0 Å². The second-order valence-corrected chi connectivity index (χ2v) is 4.28. The standard InChI is InChI=1S/C12H9BrN2O3/c13-10-5-4-9(18-10)12(17)15-8-3-1-2-7(6-8)11(14)16/h1-6H,(H2,14,16)(H,15,17). The van der Waals surface area contributed by atoms with Gasteiger partial charge in [0.05, 0.1) is 0 Å². The van der Waals surface area contributed by atoms with Gasteiger partial charge in [-0.3, -0.25) is 9.59 Å². The molecule has 0 aliphatic rings. The molecule has 6 heteroatoms. The predicted molar refractivity (Wildman–Crippen MR) is 69.3 cm³/mol. The van der Waals surface area contributed by atoms with Crippen LogP contribution in [-0.2, 0) is 0 Å². The van der Waals surface area contributed by atoms with E-state index in [4.69, 9.17) is 10.2 Å². The lowest BCUT2D eigenvalue weighted by atomic mass is 10.2. The molecule has 0 aliphatic carbocycles. The number of carbonyl (C=O) groups is 2. The summed E-state index contributed by atoms with van der Waals surface area (Å²) in [6, 6.07) is 9.52. The number of hydrogen-bond donors (Lipinski definition) is 2. The molecule has 0 spiro atoms. The molecule has 18 heavy (non-hydrogen) atoms. The van der Waals surface area contributed by atoms with Crippen LogP contribution in [0, 0.1) is 0 Å². The average molecular weight is 309 g/mol. The predicted octanol–water partition coefficient (Wildman–Crippen LogP) is 2.39. The summed E-state index contributed by atoms with van der Waals surface area (Å²) in [4.78, 5) is 22.8. The molecule has 3 N–H and O–H groups in total. The molecule has 5 nitrogen and oxygen atoms in total. The zero-order valence-electron chi connectivity index (χ0n) is 9.14. The molecule has 0 saturated carbocycles. The van der Waals surface area contributed by atoms with Crippen molar-refractivity contribution in [2.45, 2.75) is 0 Å². The number of halogens is 1. The number of hydrogen-bond acceptors (Lipinski definition) is 3. The van der Waals surface area contributed by atoms with Gasteiger partial charge in [-0.1, -0.05) is 6.07 Å². The number of nitrogens with one attached hydrogen (secondary N) is 1. The molecule has 1 aromatic heterocycles. The molecule has 0 bridgehead atoms. The number of primary amides is 1. The first-order valence-corrected chi connectivity index (χ1v) is 5.82. The summed E-state index contributed by atoms with van der Waals surface area (Å²) in [5.41, 5.74) is 5.95. The molecule has 0 unspecified atom stereocenters. The first-order chi connectivity index (χ1) is 8.56. The summed E-state index contributed by atoms with van der Waals surface area (Å²) >= 11 is 3.11. The van der Waals surface area contributed by atoms with E-state index in [-0.39, 0.29) is 5.76 Å². The molecule has 1 aromatic carbocycles. The highest BCUT2D eigenvalue weighted by atomic mass is 79.9. The van der Waals surface area contributed by atoms with Crippen LogP contribution >= 0.6 is 15.9 Å². The molecular weight excluding hydrogens is 300 g/mol. The van der Waals surface area contributed by atoms with Gasteiger partial charge >= 0.3 is 0 Å². The Balaban J connectivity index is 2.16. The highest BCUT2D eigenvalue weighted by Crippen LogP contribution is 2.16. The maximum absolute atomic E-state index is 11.8. The van der Waals surface area contributed by atoms with Crippen LogP contribution in [0.5, 0.6) is 0 Å². The molecule has 0 aliphatic heterocycles. The third kappa shape index (κ3) is 2.78. The molecule has 0 radical (unpaired) electrons. The van der Waals surface area contributed by atoms with Crippen LogP contribution in [0.2, 0.25) is 0 Å². The van der Waals surface area contributed by atoms with Crippen LogP contribution < -0.4 is 11.1 Å². The number of nitrogens with two attached hydrogens (primary N) is 1. The van der Waals surface area contributed by atoms with Gasteiger partial charge < -0.3 is 15.5 Å². The molecule has 0 fully saturated rings. The Labute approximate surface area is 111 Å². The second kappa shape index (κ2) is 5.05. The van der Waals surface area contributed by atoms with Crippen molar-refractivity contribution in [1.82, 2.24) is 0 Å². The van der Waals surface area contributed by atoms with E-state index in [2.05, 4.69) is 21.2 Å². The van der Waals surface area contributed by atoms with E-state index < -0.39 is 11.8 Å². The summed E-state index contributed by atoms with van der Waals surface area (Å²) in [6.07, 6.45) is 0. The van der Waals surface area contributed by atoms with E-state index in [9.17, 15) is 9.59 Å². The minimum absolute atomic E-state index is 0.173. The van der Waals surface area contributed by atoms with E-state index >= 15 is 0 Å². The zero-order valence-corrected chi connectivity index (χ0v) is 10.7. The van der Waals surface area contributed by atoms with Gasteiger partial charge in [0.15, 0.2) is 10.4 Å². The Morgan fingerprint density at radius 1 is 1.22 bits per heavy atom. The number of rotatable bonds is 3. The Hall–Kier alpha value is -2.08. The maximum Gasteiger partial charge on any atom is 0.291 e. The number of benzene rings is 1. The van der Waals surface area contributed by atoms with E-state index in [1.807, 2.05) is 0 Å². The Kier molecular flexibility index (Phi) is 3.47. The highest BCUT2D eigenvalue weighted by Gasteiger charge is 2.11. The van der Waals surface area contributed by atoms with Crippen LogP contribution in [0.15, 0.2) is 45.5 Å². The Morgan fingerprint density at radius 2 is 2.00 bits per heavy atom.